The minimum atomic E-state index is -0.734. The van der Waals surface area contributed by atoms with Crippen LogP contribution in [0.3, 0.4) is 0 Å². The van der Waals surface area contributed by atoms with Gasteiger partial charge in [0.15, 0.2) is 0 Å². The fraction of sp³-hybridized carbons (Fsp3) is 0.533. The number of nitrogens with zero attached hydrogens (tertiary/aromatic N) is 1. The Morgan fingerprint density at radius 1 is 1.42 bits per heavy atom. The molecule has 1 heterocycles. The fourth-order valence-electron chi connectivity index (χ4n) is 2.82. The highest BCUT2D eigenvalue weighted by atomic mass is 19.1. The number of carboxylic acid groups (broad SMARTS) is 1. The van der Waals surface area contributed by atoms with Gasteiger partial charge in [0.1, 0.15) is 5.82 Å². The smallest absolute Gasteiger partial charge is 0.303 e. The first-order chi connectivity index (χ1) is 9.06. The van der Waals surface area contributed by atoms with Crippen LogP contribution >= 0.6 is 0 Å². The number of hydrogen-bond acceptors (Lipinski definition) is 2. The van der Waals surface area contributed by atoms with E-state index in [0.29, 0.717) is 18.4 Å². The predicted molar refractivity (Wildman–Crippen MR) is 71.7 cm³/mol. The quantitative estimate of drug-likeness (QED) is 0.890. The van der Waals surface area contributed by atoms with Crippen molar-refractivity contribution >= 4 is 5.97 Å². The van der Waals surface area contributed by atoms with Crippen LogP contribution in [0, 0.1) is 5.82 Å². The molecule has 0 saturated carbocycles. The van der Waals surface area contributed by atoms with Crippen LogP contribution < -0.4 is 0 Å². The first-order valence-corrected chi connectivity index (χ1v) is 6.77. The maximum atomic E-state index is 12.9. The largest absolute Gasteiger partial charge is 0.481 e. The van der Waals surface area contributed by atoms with Crippen molar-refractivity contribution in [3.63, 3.8) is 0 Å². The van der Waals surface area contributed by atoms with E-state index in [2.05, 4.69) is 11.8 Å². The number of carbonyl (C=O) groups is 1. The van der Waals surface area contributed by atoms with Gasteiger partial charge in [-0.15, -0.1) is 0 Å². The molecule has 3 nitrogen and oxygen atoms in total. The molecule has 0 aromatic heterocycles. The molecule has 1 N–H and O–H groups in total. The van der Waals surface area contributed by atoms with E-state index in [1.807, 2.05) is 12.1 Å². The molecule has 1 aliphatic rings. The number of rotatable bonds is 5. The van der Waals surface area contributed by atoms with Crippen LogP contribution in [0.2, 0.25) is 0 Å². The average Bonchev–Trinajstić information content (AvgIpc) is 2.71. The zero-order valence-corrected chi connectivity index (χ0v) is 11.2. The van der Waals surface area contributed by atoms with Crippen molar-refractivity contribution in [1.82, 2.24) is 4.90 Å². The molecule has 0 bridgehead atoms. The molecule has 0 spiro atoms. The van der Waals surface area contributed by atoms with Gasteiger partial charge in [0.05, 0.1) is 0 Å². The number of benzene rings is 1. The van der Waals surface area contributed by atoms with Gasteiger partial charge in [0.25, 0.3) is 0 Å². The lowest BCUT2D eigenvalue weighted by Crippen LogP contribution is -2.28. The van der Waals surface area contributed by atoms with Gasteiger partial charge in [-0.25, -0.2) is 4.39 Å². The molecule has 0 aliphatic carbocycles. The molecule has 4 heteroatoms. The van der Waals surface area contributed by atoms with Crippen LogP contribution in [-0.4, -0.2) is 35.1 Å². The molecule has 0 radical (unpaired) electrons. The molecule has 19 heavy (non-hydrogen) atoms. The third-order valence-electron chi connectivity index (χ3n) is 3.88. The molecule has 1 saturated heterocycles. The molecular weight excluding hydrogens is 245 g/mol. The van der Waals surface area contributed by atoms with Crippen molar-refractivity contribution in [3.8, 4) is 0 Å². The molecule has 2 unspecified atom stereocenters. The summed E-state index contributed by atoms with van der Waals surface area (Å²) in [6, 6.07) is 7.19. The Labute approximate surface area is 113 Å². The molecule has 1 fully saturated rings. The second kappa shape index (κ2) is 6.15. The van der Waals surface area contributed by atoms with Crippen molar-refractivity contribution in [2.75, 3.05) is 13.1 Å². The summed E-state index contributed by atoms with van der Waals surface area (Å²) in [7, 11) is 0. The molecule has 1 aromatic carbocycles. The monoisotopic (exact) mass is 265 g/mol. The Morgan fingerprint density at radius 3 is 2.74 bits per heavy atom. The second-order valence-corrected chi connectivity index (χ2v) is 5.33. The van der Waals surface area contributed by atoms with E-state index in [-0.39, 0.29) is 12.2 Å². The van der Waals surface area contributed by atoms with Crippen LogP contribution in [0.5, 0.6) is 0 Å². The van der Waals surface area contributed by atoms with Crippen molar-refractivity contribution in [3.05, 3.63) is 35.6 Å². The number of aliphatic carboxylic acids is 1. The highest BCUT2D eigenvalue weighted by Gasteiger charge is 2.29. The molecule has 2 rings (SSSR count). The Bertz CT molecular complexity index is 432. The average molecular weight is 265 g/mol. The van der Waals surface area contributed by atoms with E-state index in [4.69, 9.17) is 5.11 Å². The summed E-state index contributed by atoms with van der Waals surface area (Å²) < 4.78 is 12.9. The van der Waals surface area contributed by atoms with Crippen molar-refractivity contribution in [2.24, 2.45) is 0 Å². The van der Waals surface area contributed by atoms with E-state index < -0.39 is 5.97 Å². The van der Waals surface area contributed by atoms with Crippen LogP contribution in [-0.2, 0) is 4.79 Å². The van der Waals surface area contributed by atoms with Crippen LogP contribution in [0.25, 0.3) is 0 Å². The van der Waals surface area contributed by atoms with Crippen molar-refractivity contribution < 1.29 is 14.3 Å². The Morgan fingerprint density at radius 2 is 2.11 bits per heavy atom. The van der Waals surface area contributed by atoms with Crippen LogP contribution in [0.1, 0.15) is 37.7 Å². The van der Waals surface area contributed by atoms with E-state index >= 15 is 0 Å². The van der Waals surface area contributed by atoms with E-state index in [1.165, 1.54) is 17.7 Å². The predicted octanol–water partition coefficient (Wildman–Crippen LogP) is 2.87. The number of carboxylic acids is 1. The summed E-state index contributed by atoms with van der Waals surface area (Å²) in [5.41, 5.74) is 1.17. The summed E-state index contributed by atoms with van der Waals surface area (Å²) in [5.74, 6) is -0.504. The first-order valence-electron chi connectivity index (χ1n) is 6.77. The highest BCUT2D eigenvalue weighted by molar-refractivity contribution is 5.66. The Hall–Kier alpha value is -1.42. The normalized spacial score (nSPS) is 23.7. The van der Waals surface area contributed by atoms with Gasteiger partial charge in [-0.2, -0.15) is 0 Å². The zero-order valence-electron chi connectivity index (χ0n) is 11.2. The van der Waals surface area contributed by atoms with Crippen LogP contribution in [0.4, 0.5) is 4.39 Å². The standard InChI is InChI=1S/C15H20FNO2/c1-11-9-13(12-4-6-14(16)7-5-12)10-17(11)8-2-3-15(18)19/h4-7,11,13H,2-3,8-10H2,1H3,(H,18,19). The minimum Gasteiger partial charge on any atom is -0.481 e. The zero-order chi connectivity index (χ0) is 13.8. The van der Waals surface area contributed by atoms with Gasteiger partial charge in [-0.05, 0) is 49.9 Å². The fourth-order valence-corrected chi connectivity index (χ4v) is 2.82. The summed E-state index contributed by atoms with van der Waals surface area (Å²) in [6.07, 6.45) is 1.97. The van der Waals surface area contributed by atoms with E-state index in [0.717, 1.165) is 19.5 Å². The van der Waals surface area contributed by atoms with E-state index in [1.54, 1.807) is 0 Å². The molecule has 1 aromatic rings. The topological polar surface area (TPSA) is 40.5 Å². The van der Waals surface area contributed by atoms with Gasteiger partial charge >= 0.3 is 5.97 Å². The maximum Gasteiger partial charge on any atom is 0.303 e. The van der Waals surface area contributed by atoms with Crippen molar-refractivity contribution in [1.29, 1.82) is 0 Å². The maximum absolute atomic E-state index is 12.9. The lowest BCUT2D eigenvalue weighted by atomic mass is 9.97. The third-order valence-corrected chi connectivity index (χ3v) is 3.88. The third kappa shape index (κ3) is 3.77. The van der Waals surface area contributed by atoms with Gasteiger partial charge in [0, 0.05) is 19.0 Å². The Kier molecular flexibility index (Phi) is 4.53. The second-order valence-electron chi connectivity index (χ2n) is 5.33. The van der Waals surface area contributed by atoms with Gasteiger partial charge in [-0.1, -0.05) is 12.1 Å². The summed E-state index contributed by atoms with van der Waals surface area (Å²) >= 11 is 0. The lowest BCUT2D eigenvalue weighted by Gasteiger charge is -2.20. The lowest BCUT2D eigenvalue weighted by molar-refractivity contribution is -0.137. The minimum absolute atomic E-state index is 0.201. The molecule has 0 amide bonds. The Balaban J connectivity index is 1.89. The summed E-state index contributed by atoms with van der Waals surface area (Å²) in [4.78, 5) is 12.8. The van der Waals surface area contributed by atoms with Crippen molar-refractivity contribution in [2.45, 2.75) is 38.1 Å². The number of halogens is 1. The van der Waals surface area contributed by atoms with Gasteiger partial charge in [0.2, 0.25) is 0 Å². The molecule has 104 valence electrons. The van der Waals surface area contributed by atoms with Crippen LogP contribution in [0.15, 0.2) is 24.3 Å². The highest BCUT2D eigenvalue weighted by Crippen LogP contribution is 2.31. The number of likely N-dealkylation sites (tertiary alicyclic amines) is 1. The summed E-state index contributed by atoms with van der Waals surface area (Å²) in [5, 5.41) is 8.66. The van der Waals surface area contributed by atoms with E-state index in [9.17, 15) is 9.18 Å². The molecule has 2 atom stereocenters. The summed E-state index contributed by atoms with van der Waals surface area (Å²) in [6.45, 7) is 3.93. The SMILES string of the molecule is CC1CC(c2ccc(F)cc2)CN1CCCC(=O)O. The first kappa shape index (κ1) is 14.0. The molecule has 1 aliphatic heterocycles. The number of hydrogen-bond donors (Lipinski definition) is 1. The van der Waals surface area contributed by atoms with Gasteiger partial charge in [-0.3, -0.25) is 4.79 Å². The van der Waals surface area contributed by atoms with Gasteiger partial charge < -0.3 is 10.0 Å². The molecular formula is C15H20FNO2.